The van der Waals surface area contributed by atoms with Gasteiger partial charge in [0.1, 0.15) is 11.2 Å². The third-order valence-corrected chi connectivity index (χ3v) is 10.1. The molecule has 0 saturated heterocycles. The van der Waals surface area contributed by atoms with Crippen LogP contribution >= 0.6 is 0 Å². The Morgan fingerprint density at radius 3 is 1.70 bits per heavy atom. The minimum Gasteiger partial charge on any atom is -0.456 e. The molecule has 2 heteroatoms. The molecule has 234 valence electrons. The number of nitrogens with zero attached hydrogens (tertiary/aromatic N) is 1. The van der Waals surface area contributed by atoms with Gasteiger partial charge in [0.25, 0.3) is 0 Å². The summed E-state index contributed by atoms with van der Waals surface area (Å²) in [5.41, 5.74) is 9.91. The highest BCUT2D eigenvalue weighted by Crippen LogP contribution is 2.45. The van der Waals surface area contributed by atoms with E-state index < -0.39 is 0 Å². The maximum Gasteiger partial charge on any atom is 0.135 e. The average molecular weight is 638 g/mol. The van der Waals surface area contributed by atoms with Crippen LogP contribution in [0.15, 0.2) is 192 Å². The van der Waals surface area contributed by atoms with Crippen LogP contribution < -0.4 is 4.90 Å². The molecule has 1 aromatic heterocycles. The zero-order valence-corrected chi connectivity index (χ0v) is 27.3. The number of hydrogen-bond acceptors (Lipinski definition) is 2. The van der Waals surface area contributed by atoms with Gasteiger partial charge in [-0.25, -0.2) is 0 Å². The second-order valence-electron chi connectivity index (χ2n) is 12.9. The van der Waals surface area contributed by atoms with Crippen LogP contribution in [0.4, 0.5) is 17.1 Å². The molecule has 2 nitrogen and oxygen atoms in total. The minimum atomic E-state index is 0.886. The number of furan rings is 1. The van der Waals surface area contributed by atoms with Gasteiger partial charge >= 0.3 is 0 Å². The van der Waals surface area contributed by atoms with Gasteiger partial charge in [-0.15, -0.1) is 0 Å². The number of benzene rings is 9. The lowest BCUT2D eigenvalue weighted by Gasteiger charge is -2.28. The van der Waals surface area contributed by atoms with E-state index in [1.54, 1.807) is 0 Å². The van der Waals surface area contributed by atoms with Gasteiger partial charge in [-0.2, -0.15) is 0 Å². The van der Waals surface area contributed by atoms with Crippen LogP contribution in [-0.4, -0.2) is 0 Å². The molecule has 0 fully saturated rings. The lowest BCUT2D eigenvalue weighted by Crippen LogP contribution is -2.10. The van der Waals surface area contributed by atoms with Crippen molar-refractivity contribution in [3.63, 3.8) is 0 Å². The second kappa shape index (κ2) is 11.5. The zero-order valence-electron chi connectivity index (χ0n) is 27.3. The van der Waals surface area contributed by atoms with Gasteiger partial charge in [0.2, 0.25) is 0 Å². The highest BCUT2D eigenvalue weighted by molar-refractivity contribution is 6.21. The summed E-state index contributed by atoms with van der Waals surface area (Å²) in [6.45, 7) is 0. The molecule has 0 aliphatic heterocycles. The molecule has 0 radical (unpaired) electrons. The summed E-state index contributed by atoms with van der Waals surface area (Å²) in [7, 11) is 0. The molecule has 0 unspecified atom stereocenters. The Morgan fingerprint density at radius 2 is 0.900 bits per heavy atom. The van der Waals surface area contributed by atoms with Crippen LogP contribution in [0.1, 0.15) is 0 Å². The second-order valence-corrected chi connectivity index (χ2v) is 12.9. The highest BCUT2D eigenvalue weighted by atomic mass is 16.3. The first-order chi connectivity index (χ1) is 24.8. The average Bonchev–Trinajstić information content (AvgIpc) is 3.57. The van der Waals surface area contributed by atoms with Crippen LogP contribution in [0.3, 0.4) is 0 Å². The molecular weight excluding hydrogens is 607 g/mol. The maximum atomic E-state index is 6.27. The normalized spacial score (nSPS) is 11.6. The van der Waals surface area contributed by atoms with Crippen LogP contribution in [0.25, 0.3) is 76.5 Å². The van der Waals surface area contributed by atoms with Crippen molar-refractivity contribution in [2.24, 2.45) is 0 Å². The Bertz CT molecular complexity index is 2870. The first kappa shape index (κ1) is 28.4. The van der Waals surface area contributed by atoms with E-state index in [0.717, 1.165) is 39.0 Å². The number of hydrogen-bond donors (Lipinski definition) is 0. The van der Waals surface area contributed by atoms with E-state index in [9.17, 15) is 0 Å². The van der Waals surface area contributed by atoms with Crippen molar-refractivity contribution >= 4 is 71.3 Å². The molecule has 0 aliphatic carbocycles. The first-order valence-electron chi connectivity index (χ1n) is 17.1. The van der Waals surface area contributed by atoms with Crippen LogP contribution in [0.5, 0.6) is 0 Å². The summed E-state index contributed by atoms with van der Waals surface area (Å²) in [4.78, 5) is 2.41. The molecule has 10 rings (SSSR count). The molecular formula is C48H31NO. The Balaban J connectivity index is 1.22. The van der Waals surface area contributed by atoms with Crippen molar-refractivity contribution in [2.45, 2.75) is 0 Å². The quantitative estimate of drug-likeness (QED) is 0.175. The van der Waals surface area contributed by atoms with Crippen molar-refractivity contribution in [2.75, 3.05) is 4.90 Å². The smallest absolute Gasteiger partial charge is 0.135 e. The van der Waals surface area contributed by atoms with Crippen molar-refractivity contribution in [1.29, 1.82) is 0 Å². The molecule has 0 saturated carbocycles. The van der Waals surface area contributed by atoms with Gasteiger partial charge in [0, 0.05) is 27.5 Å². The summed E-state index contributed by atoms with van der Waals surface area (Å²) in [6, 6.07) is 67.6. The third kappa shape index (κ3) is 4.57. The first-order valence-corrected chi connectivity index (χ1v) is 17.1. The summed E-state index contributed by atoms with van der Waals surface area (Å²) in [5.74, 6) is 0. The van der Waals surface area contributed by atoms with E-state index in [1.807, 2.05) is 12.1 Å². The van der Waals surface area contributed by atoms with E-state index in [2.05, 4.69) is 181 Å². The molecule has 0 aliphatic rings. The fourth-order valence-electron chi connectivity index (χ4n) is 7.70. The number of rotatable bonds is 5. The summed E-state index contributed by atoms with van der Waals surface area (Å²) < 4.78 is 6.27. The Hall–Kier alpha value is -6.64. The fourth-order valence-corrected chi connectivity index (χ4v) is 7.70. The standard InChI is InChI=1S/C48H31NO/c1-2-12-32(13-3-1)37-15-6-7-16-38(37)34-22-25-35(26-23-34)49(36-27-29-48-45(30-36)43-20-10-11-21-47(43)50-48)46-31-44-39-17-5-4-14-33(39)24-28-41(44)40-18-8-9-19-42(40)46/h1-31H. The van der Waals surface area contributed by atoms with Gasteiger partial charge in [0.05, 0.1) is 5.69 Å². The largest absolute Gasteiger partial charge is 0.456 e. The SMILES string of the molecule is c1ccc(-c2ccccc2-c2ccc(N(c3ccc4oc5ccccc5c4c3)c3cc4c5ccccc5ccc4c4ccccc34)cc2)cc1. The summed E-state index contributed by atoms with van der Waals surface area (Å²) in [5, 5.41) is 9.64. The van der Waals surface area contributed by atoms with Crippen molar-refractivity contribution in [3.8, 4) is 22.3 Å². The molecule has 0 bridgehead atoms. The predicted molar refractivity (Wildman–Crippen MR) is 212 cm³/mol. The topological polar surface area (TPSA) is 16.4 Å². The molecule has 1 heterocycles. The fraction of sp³-hybridized carbons (Fsp3) is 0. The summed E-state index contributed by atoms with van der Waals surface area (Å²) >= 11 is 0. The minimum absolute atomic E-state index is 0.886. The van der Waals surface area contributed by atoms with Gasteiger partial charge in [0.15, 0.2) is 0 Å². The number of fused-ring (bicyclic) bond motifs is 8. The molecule has 0 atom stereocenters. The van der Waals surface area contributed by atoms with Crippen molar-refractivity contribution in [1.82, 2.24) is 0 Å². The monoisotopic (exact) mass is 637 g/mol. The van der Waals surface area contributed by atoms with E-state index in [1.165, 1.54) is 54.6 Å². The molecule has 10 aromatic rings. The van der Waals surface area contributed by atoms with E-state index in [-0.39, 0.29) is 0 Å². The lowest BCUT2D eigenvalue weighted by molar-refractivity contribution is 0.669. The van der Waals surface area contributed by atoms with E-state index in [4.69, 9.17) is 4.42 Å². The van der Waals surface area contributed by atoms with Crippen LogP contribution in [0.2, 0.25) is 0 Å². The van der Waals surface area contributed by atoms with Gasteiger partial charge in [-0.1, -0.05) is 146 Å². The number of para-hydroxylation sites is 1. The van der Waals surface area contributed by atoms with E-state index >= 15 is 0 Å². The van der Waals surface area contributed by atoms with Crippen LogP contribution in [0, 0.1) is 0 Å². The molecule has 0 amide bonds. The van der Waals surface area contributed by atoms with Crippen molar-refractivity contribution in [3.05, 3.63) is 188 Å². The molecule has 0 N–H and O–H groups in total. The molecule has 0 spiro atoms. The Morgan fingerprint density at radius 1 is 0.320 bits per heavy atom. The van der Waals surface area contributed by atoms with E-state index in [0.29, 0.717) is 0 Å². The molecule has 50 heavy (non-hydrogen) atoms. The highest BCUT2D eigenvalue weighted by Gasteiger charge is 2.20. The lowest BCUT2D eigenvalue weighted by atomic mass is 9.94. The Labute approximate surface area is 290 Å². The predicted octanol–water partition coefficient (Wildman–Crippen LogP) is 13.8. The summed E-state index contributed by atoms with van der Waals surface area (Å²) in [6.07, 6.45) is 0. The Kier molecular flexibility index (Phi) is 6.53. The van der Waals surface area contributed by atoms with Gasteiger partial charge < -0.3 is 9.32 Å². The molecule has 9 aromatic carbocycles. The van der Waals surface area contributed by atoms with Crippen molar-refractivity contribution < 1.29 is 4.42 Å². The third-order valence-electron chi connectivity index (χ3n) is 10.1. The van der Waals surface area contributed by atoms with Gasteiger partial charge in [-0.3, -0.25) is 0 Å². The van der Waals surface area contributed by atoms with Gasteiger partial charge in [-0.05, 0) is 91.6 Å². The van der Waals surface area contributed by atoms with Crippen LogP contribution in [-0.2, 0) is 0 Å². The number of anilines is 3. The zero-order chi connectivity index (χ0) is 33.0. The maximum absolute atomic E-state index is 6.27.